The predicted octanol–water partition coefficient (Wildman–Crippen LogP) is -3.28. The second kappa shape index (κ2) is 13.1. The van der Waals surface area contributed by atoms with Gasteiger partial charge in [0.15, 0.2) is 12.0 Å². The van der Waals surface area contributed by atoms with Crippen LogP contribution >= 0.6 is 12.6 Å². The van der Waals surface area contributed by atoms with Crippen LogP contribution in [0.15, 0.2) is 4.99 Å². The van der Waals surface area contributed by atoms with E-state index in [9.17, 15) is 24.3 Å². The molecule has 1 fully saturated rings. The second-order valence-electron chi connectivity index (χ2n) is 7.55. The maximum Gasteiger partial charge on any atom is 0.328 e. The average Bonchev–Trinajstić information content (AvgIpc) is 3.21. The van der Waals surface area contributed by atoms with Gasteiger partial charge in [0.2, 0.25) is 17.7 Å². The Labute approximate surface area is 191 Å². The summed E-state index contributed by atoms with van der Waals surface area (Å²) in [4.78, 5) is 54.2. The van der Waals surface area contributed by atoms with E-state index in [1.807, 2.05) is 0 Å². The Morgan fingerprint density at radius 1 is 1.25 bits per heavy atom. The molecule has 5 atom stereocenters. The fraction of sp³-hybridized carbons (Fsp3) is 0.722. The number of aliphatic carboxylic acids is 1. The number of rotatable bonds is 12. The molecule has 0 aromatic heterocycles. The first kappa shape index (κ1) is 27.5. The molecule has 5 unspecified atom stereocenters. The van der Waals surface area contributed by atoms with E-state index < -0.39 is 54.0 Å². The van der Waals surface area contributed by atoms with Crippen LogP contribution in [0.3, 0.4) is 0 Å². The molecule has 0 aromatic rings. The number of nitrogens with two attached hydrogens (primary N) is 3. The number of aliphatic hydroxyl groups is 1. The predicted molar refractivity (Wildman–Crippen MR) is 120 cm³/mol. The first-order valence-corrected chi connectivity index (χ1v) is 10.9. The molecule has 1 heterocycles. The molecule has 1 aliphatic rings. The van der Waals surface area contributed by atoms with Gasteiger partial charge >= 0.3 is 5.97 Å². The lowest BCUT2D eigenvalue weighted by Crippen LogP contribution is -2.58. The first-order valence-electron chi connectivity index (χ1n) is 10.2. The summed E-state index contributed by atoms with van der Waals surface area (Å²) in [6, 6.07) is -4.33. The first-order chi connectivity index (χ1) is 15.0. The number of hydrogen-bond donors (Lipinski definition) is 8. The van der Waals surface area contributed by atoms with E-state index in [1.54, 1.807) is 0 Å². The van der Waals surface area contributed by atoms with Gasteiger partial charge in [-0.05, 0) is 32.6 Å². The lowest BCUT2D eigenvalue weighted by atomic mass is 10.1. The molecular weight excluding hydrogens is 442 g/mol. The van der Waals surface area contributed by atoms with E-state index in [2.05, 4.69) is 28.3 Å². The molecule has 0 aliphatic carbocycles. The summed E-state index contributed by atoms with van der Waals surface area (Å²) in [5.41, 5.74) is 16.3. The largest absolute Gasteiger partial charge is 0.480 e. The van der Waals surface area contributed by atoms with E-state index in [-0.39, 0.29) is 18.3 Å². The number of carbonyl (C=O) groups is 4. The summed E-state index contributed by atoms with van der Waals surface area (Å²) in [7, 11) is 0. The van der Waals surface area contributed by atoms with Crippen LogP contribution in [0.1, 0.15) is 32.6 Å². The lowest BCUT2D eigenvalue weighted by molar-refractivity contribution is -0.147. The number of aliphatic imine (C=N–C) groups is 1. The Balaban J connectivity index is 2.73. The number of carboxylic acids is 1. The highest BCUT2D eigenvalue weighted by molar-refractivity contribution is 7.80. The molecule has 1 rings (SSSR count). The Bertz CT molecular complexity index is 716. The molecule has 1 aliphatic heterocycles. The Morgan fingerprint density at radius 2 is 1.91 bits per heavy atom. The van der Waals surface area contributed by atoms with E-state index in [0.29, 0.717) is 32.2 Å². The van der Waals surface area contributed by atoms with Gasteiger partial charge in [-0.1, -0.05) is 0 Å². The van der Waals surface area contributed by atoms with Crippen LogP contribution in [0.2, 0.25) is 0 Å². The van der Waals surface area contributed by atoms with Crippen molar-refractivity contribution in [3.8, 4) is 0 Å². The zero-order chi connectivity index (χ0) is 24.4. The van der Waals surface area contributed by atoms with Crippen molar-refractivity contribution in [2.45, 2.75) is 62.9 Å². The molecule has 1 saturated heterocycles. The normalized spacial score (nSPS) is 19.4. The van der Waals surface area contributed by atoms with Crippen LogP contribution in [0.5, 0.6) is 0 Å². The van der Waals surface area contributed by atoms with Crippen LogP contribution in [-0.4, -0.2) is 93.9 Å². The highest BCUT2D eigenvalue weighted by Gasteiger charge is 2.39. The van der Waals surface area contributed by atoms with E-state index >= 15 is 0 Å². The van der Waals surface area contributed by atoms with Gasteiger partial charge in [-0.2, -0.15) is 12.6 Å². The smallest absolute Gasteiger partial charge is 0.328 e. The summed E-state index contributed by atoms with van der Waals surface area (Å²) < 4.78 is 0. The highest BCUT2D eigenvalue weighted by atomic mass is 32.1. The van der Waals surface area contributed by atoms with Crippen molar-refractivity contribution < 1.29 is 29.4 Å². The van der Waals surface area contributed by atoms with E-state index in [1.165, 1.54) is 11.8 Å². The van der Waals surface area contributed by atoms with Crippen molar-refractivity contribution in [2.75, 3.05) is 18.8 Å². The molecule has 10 N–H and O–H groups in total. The van der Waals surface area contributed by atoms with Gasteiger partial charge in [0.25, 0.3) is 0 Å². The van der Waals surface area contributed by atoms with Gasteiger partial charge in [0, 0.05) is 18.8 Å². The quantitative estimate of drug-likeness (QED) is 0.0612. The third kappa shape index (κ3) is 8.16. The van der Waals surface area contributed by atoms with Crippen LogP contribution in [0, 0.1) is 0 Å². The van der Waals surface area contributed by atoms with E-state index in [4.69, 9.17) is 22.3 Å². The summed E-state index contributed by atoms with van der Waals surface area (Å²) in [5.74, 6) is -3.24. The number of carboxylic acid groups (broad SMARTS) is 1. The minimum absolute atomic E-state index is 0.0262. The Morgan fingerprint density at radius 3 is 2.44 bits per heavy atom. The van der Waals surface area contributed by atoms with Crippen molar-refractivity contribution in [1.29, 1.82) is 0 Å². The van der Waals surface area contributed by atoms with Crippen molar-refractivity contribution in [2.24, 2.45) is 22.2 Å². The Kier molecular flexibility index (Phi) is 11.2. The monoisotopic (exact) mass is 475 g/mol. The van der Waals surface area contributed by atoms with Crippen LogP contribution in [-0.2, 0) is 19.2 Å². The molecule has 0 bridgehead atoms. The number of thiol groups is 1. The van der Waals surface area contributed by atoms with Gasteiger partial charge in [-0.25, -0.2) is 4.79 Å². The summed E-state index contributed by atoms with van der Waals surface area (Å²) in [6.07, 6.45) is 0.282. The third-order valence-corrected chi connectivity index (χ3v) is 5.35. The fourth-order valence-electron chi connectivity index (χ4n) is 3.26. The van der Waals surface area contributed by atoms with Gasteiger partial charge < -0.3 is 42.9 Å². The van der Waals surface area contributed by atoms with Crippen molar-refractivity contribution in [3.05, 3.63) is 0 Å². The summed E-state index contributed by atoms with van der Waals surface area (Å²) >= 11 is 4.13. The van der Waals surface area contributed by atoms with Gasteiger partial charge in [0.05, 0.1) is 12.1 Å². The average molecular weight is 476 g/mol. The molecule has 14 heteroatoms. The number of carbonyl (C=O) groups excluding carboxylic acids is 3. The van der Waals surface area contributed by atoms with E-state index in [0.717, 1.165) is 0 Å². The fourth-order valence-corrected chi connectivity index (χ4v) is 3.50. The molecule has 0 aromatic carbocycles. The molecule has 13 nitrogen and oxygen atoms in total. The molecule has 0 saturated carbocycles. The number of likely N-dealkylation sites (tertiary alicyclic amines) is 1. The maximum atomic E-state index is 13.0. The number of amides is 3. The minimum atomic E-state index is -1.50. The number of aliphatic hydroxyl groups excluding tert-OH is 1. The summed E-state index contributed by atoms with van der Waals surface area (Å²) in [6.45, 7) is 1.81. The zero-order valence-corrected chi connectivity index (χ0v) is 18.8. The van der Waals surface area contributed by atoms with Gasteiger partial charge in [-0.15, -0.1) is 0 Å². The van der Waals surface area contributed by atoms with Crippen LogP contribution in [0.4, 0.5) is 0 Å². The number of guanidine groups is 1. The standard InChI is InChI=1S/C18H33N7O6S/c1-9(26)13(17(30)31)24-15(28)12-5-3-7-25(12)16(29)11(8-32)23-14(27)10(19)4-2-6-22-18(20)21/h9-13,26,32H,2-8,19H2,1H3,(H,23,27)(H,24,28)(H,30,31)(H4,20,21,22). The molecule has 0 radical (unpaired) electrons. The molecule has 0 spiro atoms. The number of hydrogen-bond acceptors (Lipinski definition) is 8. The van der Waals surface area contributed by atoms with Gasteiger partial charge in [-0.3, -0.25) is 19.4 Å². The number of nitrogens with zero attached hydrogens (tertiary/aromatic N) is 2. The number of nitrogens with one attached hydrogen (secondary N) is 2. The van der Waals surface area contributed by atoms with Crippen LogP contribution < -0.4 is 27.8 Å². The molecule has 3 amide bonds. The summed E-state index contributed by atoms with van der Waals surface area (Å²) in [5, 5.41) is 23.5. The highest BCUT2D eigenvalue weighted by Crippen LogP contribution is 2.19. The maximum absolute atomic E-state index is 13.0. The topological polar surface area (TPSA) is 226 Å². The van der Waals surface area contributed by atoms with Gasteiger partial charge in [0.1, 0.15) is 12.1 Å². The minimum Gasteiger partial charge on any atom is -0.480 e. The molecule has 32 heavy (non-hydrogen) atoms. The van der Waals surface area contributed by atoms with Crippen LogP contribution in [0.25, 0.3) is 0 Å². The zero-order valence-electron chi connectivity index (χ0n) is 17.9. The third-order valence-electron chi connectivity index (χ3n) is 4.99. The molecule has 182 valence electrons. The van der Waals surface area contributed by atoms with Crippen molar-refractivity contribution in [1.82, 2.24) is 15.5 Å². The molecular formula is C18H33N7O6S. The van der Waals surface area contributed by atoms with Crippen molar-refractivity contribution in [3.63, 3.8) is 0 Å². The second-order valence-corrected chi connectivity index (χ2v) is 7.92. The Hall–Kier alpha value is -2.58. The van der Waals surface area contributed by atoms with Crippen molar-refractivity contribution >= 4 is 42.3 Å². The lowest BCUT2D eigenvalue weighted by Gasteiger charge is -2.29. The SMILES string of the molecule is CC(O)C(NC(=O)C1CCCN1C(=O)C(CS)NC(=O)C(N)CCCN=C(N)N)C(=O)O.